The number of halogens is 1. The van der Waals surface area contributed by atoms with Crippen molar-refractivity contribution in [3.8, 4) is 11.5 Å². The molecule has 30 heavy (non-hydrogen) atoms. The second-order valence-electron chi connectivity index (χ2n) is 8.30. The van der Waals surface area contributed by atoms with E-state index in [0.717, 1.165) is 24.1 Å². The summed E-state index contributed by atoms with van der Waals surface area (Å²) in [5.74, 6) is 0.837. The number of benzene rings is 2. The van der Waals surface area contributed by atoms with Crippen LogP contribution in [0.25, 0.3) is 11.5 Å². The molecular weight excluding hydrogens is 403 g/mol. The Kier molecular flexibility index (Phi) is 5.40. The van der Waals surface area contributed by atoms with Crippen LogP contribution in [0.3, 0.4) is 0 Å². The molecule has 0 spiro atoms. The van der Waals surface area contributed by atoms with Gasteiger partial charge in [0.1, 0.15) is 5.82 Å². The number of anilines is 1. The smallest absolute Gasteiger partial charge is 0.236 e. The molecule has 1 saturated heterocycles. The molecule has 3 aromatic rings. The third-order valence-corrected chi connectivity index (χ3v) is 7.08. The van der Waals surface area contributed by atoms with Crippen LogP contribution in [0.1, 0.15) is 25.8 Å². The van der Waals surface area contributed by atoms with Crippen molar-refractivity contribution >= 4 is 15.7 Å². The zero-order chi connectivity index (χ0) is 21.5. The number of hydrogen-bond acceptors (Lipinski definition) is 5. The predicted molar refractivity (Wildman–Crippen MR) is 114 cm³/mol. The number of nitrogens with zero attached hydrogens (tertiary/aromatic N) is 2. The normalized spacial score (nSPS) is 19.8. The first-order chi connectivity index (χ1) is 14.2. The zero-order valence-electron chi connectivity index (χ0n) is 17.3. The highest BCUT2D eigenvalue weighted by Crippen LogP contribution is 2.37. The first-order valence-corrected chi connectivity index (χ1v) is 11.6. The Morgan fingerprint density at radius 2 is 1.60 bits per heavy atom. The van der Waals surface area contributed by atoms with Crippen molar-refractivity contribution in [2.45, 2.75) is 37.1 Å². The van der Waals surface area contributed by atoms with Gasteiger partial charge in [-0.3, -0.25) is 0 Å². The minimum absolute atomic E-state index is 0.00740. The van der Waals surface area contributed by atoms with Gasteiger partial charge in [-0.1, -0.05) is 31.5 Å². The minimum Gasteiger partial charge on any atom is -0.419 e. The van der Waals surface area contributed by atoms with E-state index in [4.69, 9.17) is 4.42 Å². The molecule has 0 saturated carbocycles. The highest BCUT2D eigenvalue weighted by Gasteiger charge is 2.34. The van der Waals surface area contributed by atoms with E-state index >= 15 is 0 Å². The molecule has 7 heteroatoms. The Morgan fingerprint density at radius 1 is 1.00 bits per heavy atom. The van der Waals surface area contributed by atoms with Crippen molar-refractivity contribution in [1.82, 2.24) is 4.98 Å². The fourth-order valence-corrected chi connectivity index (χ4v) is 5.37. The first-order valence-electron chi connectivity index (χ1n) is 10.1. The molecule has 0 radical (unpaired) electrons. The molecule has 2 heterocycles. The van der Waals surface area contributed by atoms with Crippen molar-refractivity contribution in [1.29, 1.82) is 0 Å². The van der Waals surface area contributed by atoms with E-state index in [2.05, 4.69) is 18.8 Å². The molecule has 1 aliphatic rings. The Balaban J connectivity index is 1.85. The van der Waals surface area contributed by atoms with E-state index in [1.165, 1.54) is 12.1 Å². The summed E-state index contributed by atoms with van der Waals surface area (Å²) in [7, 11) is -3.98. The molecule has 1 aromatic heterocycles. The molecule has 0 N–H and O–H groups in total. The van der Waals surface area contributed by atoms with E-state index in [9.17, 15) is 12.8 Å². The molecule has 1 aliphatic heterocycles. The van der Waals surface area contributed by atoms with E-state index in [-0.39, 0.29) is 21.7 Å². The van der Waals surface area contributed by atoms with Gasteiger partial charge in [0.15, 0.2) is 0 Å². The molecule has 2 atom stereocenters. The minimum atomic E-state index is -3.98. The standard InChI is InChI=1S/C23H25FN2O3S/c1-15-4-6-18(7-5-15)21-25-22(30(27,28)20-10-8-19(24)9-11-20)23(29-21)26-13-16(2)12-17(3)14-26/h4-11,16-17H,12-14H2,1-3H3. The zero-order valence-corrected chi connectivity index (χ0v) is 18.1. The molecule has 158 valence electrons. The van der Waals surface area contributed by atoms with Gasteiger partial charge in [-0.2, -0.15) is 4.98 Å². The second kappa shape index (κ2) is 7.87. The summed E-state index contributed by atoms with van der Waals surface area (Å²) in [6, 6.07) is 12.4. The number of sulfone groups is 1. The van der Waals surface area contributed by atoms with Gasteiger partial charge < -0.3 is 9.32 Å². The van der Waals surface area contributed by atoms with E-state index < -0.39 is 15.7 Å². The topological polar surface area (TPSA) is 63.4 Å². The van der Waals surface area contributed by atoms with Crippen LogP contribution in [0.2, 0.25) is 0 Å². The van der Waals surface area contributed by atoms with Crippen LogP contribution < -0.4 is 4.90 Å². The first kappa shape index (κ1) is 20.6. The van der Waals surface area contributed by atoms with Crippen molar-refractivity contribution < 1.29 is 17.2 Å². The quantitative estimate of drug-likeness (QED) is 0.541. The van der Waals surface area contributed by atoms with Crippen LogP contribution in [0, 0.1) is 24.6 Å². The van der Waals surface area contributed by atoms with Crippen LogP contribution >= 0.6 is 0 Å². The van der Waals surface area contributed by atoms with Gasteiger partial charge in [-0.15, -0.1) is 0 Å². The third-order valence-electron chi connectivity index (χ3n) is 5.41. The number of aromatic nitrogens is 1. The van der Waals surface area contributed by atoms with Gasteiger partial charge in [-0.25, -0.2) is 12.8 Å². The molecule has 4 rings (SSSR count). The number of oxazole rings is 1. The molecule has 2 unspecified atom stereocenters. The predicted octanol–water partition coefficient (Wildman–Crippen LogP) is 5.10. The number of rotatable bonds is 4. The van der Waals surface area contributed by atoms with Crippen molar-refractivity contribution in [2.75, 3.05) is 18.0 Å². The number of aryl methyl sites for hydroxylation is 1. The maximum Gasteiger partial charge on any atom is 0.236 e. The van der Waals surface area contributed by atoms with Crippen LogP contribution in [0.5, 0.6) is 0 Å². The molecular formula is C23H25FN2O3S. The number of piperidine rings is 1. The van der Waals surface area contributed by atoms with Crippen LogP contribution in [0.15, 0.2) is 62.9 Å². The number of hydrogen-bond donors (Lipinski definition) is 0. The summed E-state index contributed by atoms with van der Waals surface area (Å²) in [4.78, 5) is 6.38. The Hall–Kier alpha value is -2.67. The lowest BCUT2D eigenvalue weighted by Gasteiger charge is -2.34. The molecule has 0 amide bonds. The summed E-state index contributed by atoms with van der Waals surface area (Å²) < 4.78 is 46.2. The Labute approximate surface area is 176 Å². The van der Waals surface area contributed by atoms with Crippen molar-refractivity contribution in [3.63, 3.8) is 0 Å². The van der Waals surface area contributed by atoms with Crippen LogP contribution in [-0.4, -0.2) is 26.5 Å². The molecule has 1 fully saturated rings. The summed E-state index contributed by atoms with van der Waals surface area (Å²) in [6.07, 6.45) is 1.08. The molecule has 5 nitrogen and oxygen atoms in total. The van der Waals surface area contributed by atoms with Gasteiger partial charge in [0, 0.05) is 18.7 Å². The monoisotopic (exact) mass is 428 g/mol. The Bertz CT molecular complexity index is 1130. The molecule has 2 aromatic carbocycles. The maximum atomic E-state index is 13.4. The molecule has 0 bridgehead atoms. The lowest BCUT2D eigenvalue weighted by atomic mass is 9.92. The van der Waals surface area contributed by atoms with Gasteiger partial charge >= 0.3 is 0 Å². The summed E-state index contributed by atoms with van der Waals surface area (Å²) >= 11 is 0. The highest BCUT2D eigenvalue weighted by atomic mass is 32.2. The SMILES string of the molecule is Cc1ccc(-c2nc(S(=O)(=O)c3ccc(F)cc3)c(N3CC(C)CC(C)C3)o2)cc1. The third kappa shape index (κ3) is 3.99. The van der Waals surface area contributed by atoms with Gasteiger partial charge in [-0.05, 0) is 61.6 Å². The van der Waals surface area contributed by atoms with Crippen molar-refractivity contribution in [2.24, 2.45) is 11.8 Å². The van der Waals surface area contributed by atoms with Crippen LogP contribution in [-0.2, 0) is 9.84 Å². The summed E-state index contributed by atoms with van der Waals surface area (Å²) in [5.41, 5.74) is 1.80. The van der Waals surface area contributed by atoms with E-state index in [1.807, 2.05) is 36.1 Å². The highest BCUT2D eigenvalue weighted by molar-refractivity contribution is 7.91. The van der Waals surface area contributed by atoms with Crippen LogP contribution in [0.4, 0.5) is 10.3 Å². The van der Waals surface area contributed by atoms with E-state index in [0.29, 0.717) is 30.5 Å². The van der Waals surface area contributed by atoms with E-state index in [1.54, 1.807) is 0 Å². The summed E-state index contributed by atoms with van der Waals surface area (Å²) in [5, 5.41) is -0.119. The van der Waals surface area contributed by atoms with Crippen molar-refractivity contribution in [3.05, 3.63) is 59.9 Å². The fourth-order valence-electron chi connectivity index (χ4n) is 4.05. The fraction of sp³-hybridized carbons (Fsp3) is 0.348. The van der Waals surface area contributed by atoms with Gasteiger partial charge in [0.05, 0.1) is 4.90 Å². The molecule has 0 aliphatic carbocycles. The average Bonchev–Trinajstić information content (AvgIpc) is 3.14. The average molecular weight is 429 g/mol. The lowest BCUT2D eigenvalue weighted by Crippen LogP contribution is -2.39. The largest absolute Gasteiger partial charge is 0.419 e. The Morgan fingerprint density at radius 3 is 2.20 bits per heavy atom. The second-order valence-corrected chi connectivity index (χ2v) is 10.2. The van der Waals surface area contributed by atoms with Gasteiger partial charge in [0.25, 0.3) is 0 Å². The maximum absolute atomic E-state index is 13.4. The van der Waals surface area contributed by atoms with Gasteiger partial charge in [0.2, 0.25) is 26.6 Å². The summed E-state index contributed by atoms with van der Waals surface area (Å²) in [6.45, 7) is 7.66. The lowest BCUT2D eigenvalue weighted by molar-refractivity contribution is 0.342.